The molecule has 134 valence electrons. The molecule has 1 aromatic carbocycles. The molecule has 1 atom stereocenters. The highest BCUT2D eigenvalue weighted by Gasteiger charge is 2.22. The van der Waals surface area contributed by atoms with Crippen LogP contribution >= 0.6 is 0 Å². The lowest BCUT2D eigenvalue weighted by molar-refractivity contribution is -0.146. The number of carbonyl (C=O) groups is 2. The zero-order valence-corrected chi connectivity index (χ0v) is 14.8. The third-order valence-electron chi connectivity index (χ3n) is 3.58. The minimum Gasteiger partial charge on any atom is -0.464 e. The first-order chi connectivity index (χ1) is 11.7. The first-order valence-electron chi connectivity index (χ1n) is 8.81. The number of hydrogen-bond donors (Lipinski definition) is 1. The van der Waals surface area contributed by atoms with Crippen molar-refractivity contribution >= 4 is 12.1 Å². The summed E-state index contributed by atoms with van der Waals surface area (Å²) >= 11 is 0. The molecule has 0 aliphatic carbocycles. The molecule has 0 bridgehead atoms. The van der Waals surface area contributed by atoms with Gasteiger partial charge in [-0.2, -0.15) is 0 Å². The molecule has 0 fully saturated rings. The van der Waals surface area contributed by atoms with Crippen LogP contribution < -0.4 is 5.32 Å². The summed E-state index contributed by atoms with van der Waals surface area (Å²) in [6.07, 6.45) is 4.89. The zero-order chi connectivity index (χ0) is 17.6. The van der Waals surface area contributed by atoms with Crippen molar-refractivity contribution < 1.29 is 19.1 Å². The predicted molar refractivity (Wildman–Crippen MR) is 93.6 cm³/mol. The number of carbonyl (C=O) groups excluding carboxylic acids is 2. The average Bonchev–Trinajstić information content (AvgIpc) is 2.61. The molecule has 0 radical (unpaired) electrons. The Kier molecular flexibility index (Phi) is 10.3. The molecule has 1 unspecified atom stereocenters. The summed E-state index contributed by atoms with van der Waals surface area (Å²) in [6.45, 7) is 4.61. The van der Waals surface area contributed by atoms with E-state index in [1.54, 1.807) is 0 Å². The van der Waals surface area contributed by atoms with Crippen LogP contribution in [0.4, 0.5) is 4.79 Å². The van der Waals surface area contributed by atoms with Crippen LogP contribution in [0.2, 0.25) is 0 Å². The normalized spacial score (nSPS) is 11.6. The van der Waals surface area contributed by atoms with Crippen LogP contribution in [-0.2, 0) is 20.9 Å². The molecule has 5 heteroatoms. The molecule has 1 aromatic rings. The summed E-state index contributed by atoms with van der Waals surface area (Å²) in [5, 5.41) is 2.64. The molecule has 1 N–H and O–H groups in total. The second-order valence-electron chi connectivity index (χ2n) is 5.78. The lowest BCUT2D eigenvalue weighted by atomic mass is 10.1. The van der Waals surface area contributed by atoms with Gasteiger partial charge in [-0.1, -0.05) is 69.9 Å². The smallest absolute Gasteiger partial charge is 0.408 e. The number of amides is 1. The maximum Gasteiger partial charge on any atom is 0.408 e. The van der Waals surface area contributed by atoms with Gasteiger partial charge in [-0.25, -0.2) is 9.59 Å². The Bertz CT molecular complexity index is 476. The van der Waals surface area contributed by atoms with E-state index in [0.717, 1.165) is 37.7 Å². The third-order valence-corrected chi connectivity index (χ3v) is 3.58. The van der Waals surface area contributed by atoms with Crippen LogP contribution in [0.1, 0.15) is 57.9 Å². The van der Waals surface area contributed by atoms with Crippen molar-refractivity contribution in [3.8, 4) is 0 Å². The van der Waals surface area contributed by atoms with Gasteiger partial charge < -0.3 is 14.8 Å². The van der Waals surface area contributed by atoms with Gasteiger partial charge in [0.1, 0.15) is 12.6 Å². The second kappa shape index (κ2) is 12.4. The largest absolute Gasteiger partial charge is 0.464 e. The Hall–Kier alpha value is -2.04. The molecule has 0 heterocycles. The van der Waals surface area contributed by atoms with Gasteiger partial charge in [0.25, 0.3) is 0 Å². The fourth-order valence-corrected chi connectivity index (χ4v) is 2.23. The molecule has 0 spiro atoms. The van der Waals surface area contributed by atoms with Crippen LogP contribution in [0.15, 0.2) is 30.3 Å². The Labute approximate surface area is 144 Å². The molecule has 0 aliphatic heterocycles. The Morgan fingerprint density at radius 3 is 2.42 bits per heavy atom. The van der Waals surface area contributed by atoms with Crippen LogP contribution in [0.25, 0.3) is 0 Å². The van der Waals surface area contributed by atoms with Gasteiger partial charge in [0.2, 0.25) is 0 Å². The van der Waals surface area contributed by atoms with Crippen molar-refractivity contribution in [1.82, 2.24) is 5.32 Å². The minimum atomic E-state index is -0.642. The van der Waals surface area contributed by atoms with E-state index in [1.807, 2.05) is 37.3 Å². The SMILES string of the molecule is CCCCCCC(NC(=O)OCc1ccccc1)C(=O)OCCC. The second-order valence-corrected chi connectivity index (χ2v) is 5.78. The van der Waals surface area contributed by atoms with E-state index in [1.165, 1.54) is 0 Å². The van der Waals surface area contributed by atoms with Gasteiger partial charge in [-0.15, -0.1) is 0 Å². The quantitative estimate of drug-likeness (QED) is 0.486. The fraction of sp³-hybridized carbons (Fsp3) is 0.579. The van der Waals surface area contributed by atoms with Crippen molar-refractivity contribution in [2.75, 3.05) is 6.61 Å². The molecule has 5 nitrogen and oxygen atoms in total. The number of ether oxygens (including phenoxy) is 2. The molecular weight excluding hydrogens is 306 g/mol. The van der Waals surface area contributed by atoms with Crippen LogP contribution in [0, 0.1) is 0 Å². The average molecular weight is 335 g/mol. The molecule has 0 saturated heterocycles. The maximum atomic E-state index is 12.1. The van der Waals surface area contributed by atoms with E-state index in [-0.39, 0.29) is 12.6 Å². The Morgan fingerprint density at radius 2 is 1.75 bits per heavy atom. The highest BCUT2D eigenvalue weighted by molar-refractivity contribution is 5.81. The summed E-state index contributed by atoms with van der Waals surface area (Å²) < 4.78 is 10.3. The molecule has 0 saturated carbocycles. The van der Waals surface area contributed by atoms with E-state index >= 15 is 0 Å². The fourth-order valence-electron chi connectivity index (χ4n) is 2.23. The molecule has 24 heavy (non-hydrogen) atoms. The van der Waals surface area contributed by atoms with Gasteiger partial charge >= 0.3 is 12.1 Å². The minimum absolute atomic E-state index is 0.180. The maximum absolute atomic E-state index is 12.1. The van der Waals surface area contributed by atoms with Crippen molar-refractivity contribution in [2.24, 2.45) is 0 Å². The number of rotatable bonds is 11. The topological polar surface area (TPSA) is 64.6 Å². The lowest BCUT2D eigenvalue weighted by Crippen LogP contribution is -2.42. The standard InChI is InChI=1S/C19H29NO4/c1-3-5-6-10-13-17(18(21)23-14-4-2)20-19(22)24-15-16-11-8-7-9-12-16/h7-9,11-12,17H,3-6,10,13-15H2,1-2H3,(H,20,22). The first-order valence-corrected chi connectivity index (χ1v) is 8.81. The molecule has 0 aromatic heterocycles. The van der Waals surface area contributed by atoms with Crippen molar-refractivity contribution in [3.63, 3.8) is 0 Å². The molecule has 0 aliphatic rings. The molecule has 1 rings (SSSR count). The molecular formula is C19H29NO4. The summed E-state index contributed by atoms with van der Waals surface area (Å²) in [4.78, 5) is 24.0. The van der Waals surface area contributed by atoms with Gasteiger partial charge in [0, 0.05) is 0 Å². The lowest BCUT2D eigenvalue weighted by Gasteiger charge is -2.17. The monoisotopic (exact) mass is 335 g/mol. The Morgan fingerprint density at radius 1 is 1.00 bits per heavy atom. The van der Waals surface area contributed by atoms with Crippen LogP contribution in [0.5, 0.6) is 0 Å². The van der Waals surface area contributed by atoms with Crippen LogP contribution in [-0.4, -0.2) is 24.7 Å². The number of unbranched alkanes of at least 4 members (excludes halogenated alkanes) is 3. The predicted octanol–water partition coefficient (Wildman–Crippen LogP) is 4.21. The molecule has 1 amide bonds. The number of benzene rings is 1. The number of alkyl carbamates (subject to hydrolysis) is 1. The van der Waals surface area contributed by atoms with E-state index in [0.29, 0.717) is 13.0 Å². The van der Waals surface area contributed by atoms with Crippen molar-refractivity contribution in [3.05, 3.63) is 35.9 Å². The van der Waals surface area contributed by atoms with Gasteiger partial charge in [-0.05, 0) is 18.4 Å². The van der Waals surface area contributed by atoms with Crippen molar-refractivity contribution in [2.45, 2.75) is 65.0 Å². The van der Waals surface area contributed by atoms with Crippen molar-refractivity contribution in [1.29, 1.82) is 0 Å². The van der Waals surface area contributed by atoms with E-state index < -0.39 is 12.1 Å². The zero-order valence-electron chi connectivity index (χ0n) is 14.8. The van der Waals surface area contributed by atoms with Gasteiger partial charge in [0.15, 0.2) is 0 Å². The van der Waals surface area contributed by atoms with Crippen LogP contribution in [0.3, 0.4) is 0 Å². The summed E-state index contributed by atoms with van der Waals surface area (Å²) in [6, 6.07) is 8.79. The highest BCUT2D eigenvalue weighted by Crippen LogP contribution is 2.08. The number of nitrogens with one attached hydrogen (secondary N) is 1. The summed E-state index contributed by atoms with van der Waals surface area (Å²) in [5.41, 5.74) is 0.903. The van der Waals surface area contributed by atoms with E-state index in [4.69, 9.17) is 9.47 Å². The van der Waals surface area contributed by atoms with Gasteiger partial charge in [0.05, 0.1) is 6.61 Å². The highest BCUT2D eigenvalue weighted by atomic mass is 16.6. The van der Waals surface area contributed by atoms with E-state index in [9.17, 15) is 9.59 Å². The van der Waals surface area contributed by atoms with Gasteiger partial charge in [-0.3, -0.25) is 0 Å². The number of hydrogen-bond acceptors (Lipinski definition) is 4. The third kappa shape index (κ3) is 8.56. The summed E-state index contributed by atoms with van der Waals surface area (Å²) in [7, 11) is 0. The van der Waals surface area contributed by atoms with E-state index in [2.05, 4.69) is 12.2 Å². The Balaban J connectivity index is 2.45. The summed E-state index contributed by atoms with van der Waals surface area (Å²) in [5.74, 6) is -0.384. The first kappa shape index (κ1) is 20.0. The number of esters is 1.